The second kappa shape index (κ2) is 6.61. The molecule has 0 unspecified atom stereocenters. The van der Waals surface area contributed by atoms with E-state index in [0.717, 1.165) is 0 Å². The summed E-state index contributed by atoms with van der Waals surface area (Å²) in [4.78, 5) is 22.1. The van der Waals surface area contributed by atoms with Crippen LogP contribution >= 0.6 is 0 Å². The van der Waals surface area contributed by atoms with Gasteiger partial charge in [-0.2, -0.15) is 0 Å². The van der Waals surface area contributed by atoms with Gasteiger partial charge in [-0.3, -0.25) is 4.79 Å². The van der Waals surface area contributed by atoms with E-state index < -0.39 is 6.16 Å². The predicted molar refractivity (Wildman–Crippen MR) is 58.0 cm³/mol. The van der Waals surface area contributed by atoms with Gasteiger partial charge in [-0.25, -0.2) is 4.79 Å². The minimum Gasteiger partial charge on any atom is -0.438 e. The van der Waals surface area contributed by atoms with E-state index in [-0.39, 0.29) is 18.8 Å². The first-order chi connectivity index (χ1) is 7.74. The Bertz CT molecular complexity index is 345. The van der Waals surface area contributed by atoms with Crippen molar-refractivity contribution in [2.75, 3.05) is 13.7 Å². The molecular formula is C12H13O4. The topological polar surface area (TPSA) is 52.6 Å². The SMILES string of the molecule is COC(=O)OC[CH]CC(=O)c1ccccc1. The maximum absolute atomic E-state index is 11.6. The fraction of sp³-hybridized carbons (Fsp3) is 0.250. The lowest BCUT2D eigenvalue weighted by Gasteiger charge is -2.02. The molecule has 0 heterocycles. The van der Waals surface area contributed by atoms with E-state index in [0.29, 0.717) is 5.56 Å². The van der Waals surface area contributed by atoms with Crippen molar-refractivity contribution >= 4 is 11.9 Å². The number of rotatable bonds is 5. The Kier molecular flexibility index (Phi) is 5.05. The number of benzene rings is 1. The Morgan fingerprint density at radius 3 is 2.56 bits per heavy atom. The maximum Gasteiger partial charge on any atom is 0.507 e. The molecule has 0 saturated carbocycles. The molecule has 85 valence electrons. The van der Waals surface area contributed by atoms with Crippen LogP contribution in [0.25, 0.3) is 0 Å². The Balaban J connectivity index is 2.24. The van der Waals surface area contributed by atoms with Crippen LogP contribution in [0.15, 0.2) is 30.3 Å². The Morgan fingerprint density at radius 1 is 1.25 bits per heavy atom. The lowest BCUT2D eigenvalue weighted by Crippen LogP contribution is -2.08. The zero-order valence-corrected chi connectivity index (χ0v) is 9.01. The third-order valence-electron chi connectivity index (χ3n) is 1.91. The summed E-state index contributed by atoms with van der Waals surface area (Å²) >= 11 is 0. The average Bonchev–Trinajstić information content (AvgIpc) is 2.35. The fourth-order valence-electron chi connectivity index (χ4n) is 1.12. The van der Waals surface area contributed by atoms with E-state index in [1.165, 1.54) is 7.11 Å². The summed E-state index contributed by atoms with van der Waals surface area (Å²) < 4.78 is 8.88. The van der Waals surface area contributed by atoms with E-state index in [9.17, 15) is 9.59 Å². The third-order valence-corrected chi connectivity index (χ3v) is 1.91. The van der Waals surface area contributed by atoms with Gasteiger partial charge in [0.1, 0.15) is 0 Å². The van der Waals surface area contributed by atoms with Crippen LogP contribution < -0.4 is 0 Å². The summed E-state index contributed by atoms with van der Waals surface area (Å²) in [6, 6.07) is 8.95. The standard InChI is InChI=1S/C12H13O4/c1-15-12(14)16-9-5-8-11(13)10-6-3-2-4-7-10/h2-7H,8-9H2,1H3. The van der Waals surface area contributed by atoms with Crippen LogP contribution in [-0.2, 0) is 9.47 Å². The predicted octanol–water partition coefficient (Wildman–Crippen LogP) is 2.25. The largest absolute Gasteiger partial charge is 0.507 e. The summed E-state index contributed by atoms with van der Waals surface area (Å²) in [5, 5.41) is 0. The van der Waals surface area contributed by atoms with Crippen LogP contribution in [0, 0.1) is 6.42 Å². The molecule has 1 radical (unpaired) electrons. The van der Waals surface area contributed by atoms with Crippen molar-refractivity contribution < 1.29 is 19.1 Å². The third kappa shape index (κ3) is 4.13. The Morgan fingerprint density at radius 2 is 1.94 bits per heavy atom. The van der Waals surface area contributed by atoms with Crippen LogP contribution in [0.2, 0.25) is 0 Å². The van der Waals surface area contributed by atoms with Gasteiger partial charge in [0.2, 0.25) is 0 Å². The van der Waals surface area contributed by atoms with Gasteiger partial charge in [-0.15, -0.1) is 0 Å². The molecule has 0 aromatic heterocycles. The van der Waals surface area contributed by atoms with E-state index in [2.05, 4.69) is 9.47 Å². The van der Waals surface area contributed by atoms with Crippen molar-refractivity contribution in [3.8, 4) is 0 Å². The first-order valence-electron chi connectivity index (χ1n) is 4.84. The highest BCUT2D eigenvalue weighted by Crippen LogP contribution is 2.04. The molecule has 4 nitrogen and oxygen atoms in total. The highest BCUT2D eigenvalue weighted by atomic mass is 16.7. The molecule has 0 spiro atoms. The van der Waals surface area contributed by atoms with Crippen LogP contribution in [0.5, 0.6) is 0 Å². The van der Waals surface area contributed by atoms with Gasteiger partial charge in [0.15, 0.2) is 5.78 Å². The van der Waals surface area contributed by atoms with Crippen molar-refractivity contribution in [3.63, 3.8) is 0 Å². The van der Waals surface area contributed by atoms with Gasteiger partial charge < -0.3 is 9.47 Å². The molecule has 0 aliphatic rings. The Hall–Kier alpha value is -1.84. The molecule has 1 rings (SSSR count). The van der Waals surface area contributed by atoms with E-state index in [1.807, 2.05) is 6.07 Å². The van der Waals surface area contributed by atoms with Crippen molar-refractivity contribution in [1.29, 1.82) is 0 Å². The average molecular weight is 221 g/mol. The number of carbonyl (C=O) groups excluding carboxylic acids is 2. The normalized spacial score (nSPS) is 9.56. The van der Waals surface area contributed by atoms with Crippen molar-refractivity contribution in [2.24, 2.45) is 0 Å². The monoisotopic (exact) mass is 221 g/mol. The van der Waals surface area contributed by atoms with Crippen LogP contribution in [0.3, 0.4) is 0 Å². The minimum absolute atomic E-state index is 0.00549. The lowest BCUT2D eigenvalue weighted by atomic mass is 10.1. The first kappa shape index (κ1) is 12.2. The zero-order valence-electron chi connectivity index (χ0n) is 9.01. The molecule has 16 heavy (non-hydrogen) atoms. The molecule has 0 atom stereocenters. The van der Waals surface area contributed by atoms with E-state index in [1.54, 1.807) is 30.7 Å². The summed E-state index contributed by atoms with van der Waals surface area (Å²) in [6.07, 6.45) is 1.08. The van der Waals surface area contributed by atoms with Gasteiger partial charge in [-0.1, -0.05) is 30.3 Å². The second-order valence-corrected chi connectivity index (χ2v) is 3.05. The molecule has 0 amide bonds. The molecule has 1 aromatic rings. The lowest BCUT2D eigenvalue weighted by molar-refractivity contribution is 0.0773. The number of Topliss-reactive ketones (excluding diaryl/α,β-unsaturated/α-hetero) is 1. The van der Waals surface area contributed by atoms with Crippen molar-refractivity contribution in [1.82, 2.24) is 0 Å². The second-order valence-electron chi connectivity index (χ2n) is 3.05. The summed E-state index contributed by atoms with van der Waals surface area (Å²) in [5.41, 5.74) is 0.650. The van der Waals surface area contributed by atoms with Crippen molar-refractivity contribution in [3.05, 3.63) is 42.3 Å². The smallest absolute Gasteiger partial charge is 0.438 e. The van der Waals surface area contributed by atoms with Gasteiger partial charge in [0.05, 0.1) is 13.7 Å². The van der Waals surface area contributed by atoms with Crippen LogP contribution in [-0.4, -0.2) is 25.7 Å². The number of ether oxygens (including phenoxy) is 2. The highest BCUT2D eigenvalue weighted by molar-refractivity contribution is 5.96. The number of ketones is 1. The van der Waals surface area contributed by atoms with E-state index >= 15 is 0 Å². The summed E-state index contributed by atoms with van der Waals surface area (Å²) in [7, 11) is 1.23. The Labute approximate surface area is 94.2 Å². The molecule has 0 N–H and O–H groups in total. The molecular weight excluding hydrogens is 208 g/mol. The number of hydrogen-bond acceptors (Lipinski definition) is 4. The summed E-state index contributed by atoms with van der Waals surface area (Å²) in [6.45, 7) is 0.0746. The number of methoxy groups -OCH3 is 1. The van der Waals surface area contributed by atoms with Gasteiger partial charge in [0.25, 0.3) is 0 Å². The van der Waals surface area contributed by atoms with E-state index in [4.69, 9.17) is 0 Å². The van der Waals surface area contributed by atoms with Gasteiger partial charge in [-0.05, 0) is 0 Å². The quantitative estimate of drug-likeness (QED) is 0.434. The number of hydrogen-bond donors (Lipinski definition) is 0. The molecule has 1 aromatic carbocycles. The maximum atomic E-state index is 11.6. The van der Waals surface area contributed by atoms with Gasteiger partial charge >= 0.3 is 6.16 Å². The van der Waals surface area contributed by atoms with Crippen molar-refractivity contribution in [2.45, 2.75) is 6.42 Å². The summed E-state index contributed by atoms with van der Waals surface area (Å²) in [5.74, 6) is -0.00549. The minimum atomic E-state index is -0.747. The molecule has 4 heteroatoms. The van der Waals surface area contributed by atoms with Crippen LogP contribution in [0.1, 0.15) is 16.8 Å². The van der Waals surface area contributed by atoms with Gasteiger partial charge in [0, 0.05) is 18.4 Å². The van der Waals surface area contributed by atoms with Crippen LogP contribution in [0.4, 0.5) is 4.79 Å². The fourth-order valence-corrected chi connectivity index (χ4v) is 1.12. The zero-order chi connectivity index (χ0) is 11.8. The highest BCUT2D eigenvalue weighted by Gasteiger charge is 2.06. The molecule has 0 saturated heterocycles. The number of carbonyl (C=O) groups is 2. The molecule has 0 aliphatic heterocycles. The molecule has 0 aliphatic carbocycles. The molecule has 0 fully saturated rings. The first-order valence-corrected chi connectivity index (χ1v) is 4.84. The molecule has 0 bridgehead atoms.